The highest BCUT2D eigenvalue weighted by Gasteiger charge is 2.17. The van der Waals surface area contributed by atoms with Gasteiger partial charge in [0.2, 0.25) is 0 Å². The average Bonchev–Trinajstić information content (AvgIpc) is 3.15. The van der Waals surface area contributed by atoms with Crippen molar-refractivity contribution in [2.75, 3.05) is 5.32 Å². The van der Waals surface area contributed by atoms with Gasteiger partial charge in [-0.1, -0.05) is 53.5 Å². The lowest BCUT2D eigenvalue weighted by Gasteiger charge is -2.11. The van der Waals surface area contributed by atoms with Crippen molar-refractivity contribution >= 4 is 57.6 Å². The molecule has 2 N–H and O–H groups in total. The number of anilines is 1. The fourth-order valence-corrected chi connectivity index (χ4v) is 3.21. The molecule has 0 saturated heterocycles. The number of hydrogen-bond acceptors (Lipinski definition) is 4. The highest BCUT2D eigenvalue weighted by atomic mass is 35.5. The molecule has 2 aromatic carbocycles. The first-order chi connectivity index (χ1) is 13.0. The zero-order valence-corrected chi connectivity index (χ0v) is 16.1. The zero-order valence-electron chi connectivity index (χ0n) is 13.8. The molecule has 0 atom stereocenters. The summed E-state index contributed by atoms with van der Waals surface area (Å²) in [5.41, 5.74) is 1.03. The summed E-state index contributed by atoms with van der Waals surface area (Å²) in [5.74, 6) is -1.01. The van der Waals surface area contributed by atoms with Crippen LogP contribution in [0, 0.1) is 0 Å². The predicted molar refractivity (Wildman–Crippen MR) is 109 cm³/mol. The van der Waals surface area contributed by atoms with Crippen LogP contribution in [0.2, 0.25) is 10.0 Å². The maximum absolute atomic E-state index is 12.6. The number of benzene rings is 2. The second-order valence-electron chi connectivity index (χ2n) is 5.34. The van der Waals surface area contributed by atoms with Gasteiger partial charge >= 0.3 is 0 Å². The largest absolute Gasteiger partial charge is 0.317 e. The minimum Gasteiger partial charge on any atom is -0.317 e. The Morgan fingerprint density at radius 2 is 1.85 bits per heavy atom. The minimum absolute atomic E-state index is 0.0624. The van der Waals surface area contributed by atoms with E-state index in [-0.39, 0.29) is 16.3 Å². The summed E-state index contributed by atoms with van der Waals surface area (Å²) < 4.78 is 0. The summed E-state index contributed by atoms with van der Waals surface area (Å²) in [6.45, 7) is 0. The molecule has 1 heterocycles. The number of thiazole rings is 1. The average molecular weight is 418 g/mol. The molecule has 27 heavy (non-hydrogen) atoms. The molecule has 3 aromatic rings. The molecular formula is C19H13Cl2N3O2S. The van der Waals surface area contributed by atoms with Crippen LogP contribution >= 0.6 is 34.5 Å². The van der Waals surface area contributed by atoms with E-state index in [0.29, 0.717) is 10.2 Å². The third kappa shape index (κ3) is 5.17. The Labute approximate surface area is 169 Å². The molecule has 5 nitrogen and oxygen atoms in total. The van der Waals surface area contributed by atoms with Gasteiger partial charge in [0, 0.05) is 16.6 Å². The molecule has 0 aliphatic rings. The molecule has 3 rings (SSSR count). The van der Waals surface area contributed by atoms with Gasteiger partial charge in [-0.05, 0) is 29.8 Å². The molecule has 136 valence electrons. The molecular weight excluding hydrogens is 405 g/mol. The van der Waals surface area contributed by atoms with Gasteiger partial charge in [0.15, 0.2) is 5.13 Å². The second kappa shape index (κ2) is 8.81. The number of carbonyl (C=O) groups is 2. The fraction of sp³-hybridized carbons (Fsp3) is 0. The van der Waals surface area contributed by atoms with Crippen molar-refractivity contribution in [3.8, 4) is 0 Å². The van der Waals surface area contributed by atoms with Crippen LogP contribution in [0.15, 0.2) is 65.8 Å². The van der Waals surface area contributed by atoms with Crippen molar-refractivity contribution in [3.63, 3.8) is 0 Å². The summed E-state index contributed by atoms with van der Waals surface area (Å²) in [5, 5.41) is 8.04. The van der Waals surface area contributed by atoms with E-state index >= 15 is 0 Å². The van der Waals surface area contributed by atoms with Crippen molar-refractivity contribution in [1.29, 1.82) is 0 Å². The topological polar surface area (TPSA) is 71.1 Å². The van der Waals surface area contributed by atoms with E-state index in [0.717, 1.165) is 5.56 Å². The van der Waals surface area contributed by atoms with Gasteiger partial charge in [-0.3, -0.25) is 14.9 Å². The van der Waals surface area contributed by atoms with E-state index in [1.165, 1.54) is 23.5 Å². The number of hydrogen-bond donors (Lipinski definition) is 2. The van der Waals surface area contributed by atoms with Crippen LogP contribution in [0.3, 0.4) is 0 Å². The monoisotopic (exact) mass is 417 g/mol. The van der Waals surface area contributed by atoms with Crippen molar-refractivity contribution < 1.29 is 9.59 Å². The number of carbonyl (C=O) groups excluding carboxylic acids is 2. The number of nitrogens with zero attached hydrogens (tertiary/aromatic N) is 1. The summed E-state index contributed by atoms with van der Waals surface area (Å²) in [6.07, 6.45) is 3.15. The van der Waals surface area contributed by atoms with Crippen LogP contribution in [-0.4, -0.2) is 16.8 Å². The molecule has 0 spiro atoms. The van der Waals surface area contributed by atoms with Gasteiger partial charge in [0.05, 0.1) is 10.6 Å². The predicted octanol–water partition coefficient (Wildman–Crippen LogP) is 4.86. The number of nitrogens with one attached hydrogen (secondary N) is 2. The van der Waals surface area contributed by atoms with Crippen LogP contribution in [0.4, 0.5) is 5.13 Å². The summed E-state index contributed by atoms with van der Waals surface area (Å²) in [7, 11) is 0. The van der Waals surface area contributed by atoms with Crippen LogP contribution in [0.1, 0.15) is 15.9 Å². The van der Waals surface area contributed by atoms with Crippen LogP contribution < -0.4 is 10.6 Å². The quantitative estimate of drug-likeness (QED) is 0.582. The van der Waals surface area contributed by atoms with E-state index in [2.05, 4.69) is 15.6 Å². The normalized spacial score (nSPS) is 11.1. The van der Waals surface area contributed by atoms with E-state index in [1.54, 1.807) is 23.7 Å². The standard InChI is InChI=1S/C19H13Cl2N3O2S/c20-13-6-7-14(15(21)11-13)17(25)23-16(10-12-4-2-1-3-5-12)18(26)24-19-22-8-9-27-19/h1-11H,(H,23,25)(H,22,24,26)/b16-10-. The van der Waals surface area contributed by atoms with Crippen LogP contribution in [0.25, 0.3) is 6.08 Å². The first-order valence-corrected chi connectivity index (χ1v) is 9.40. The third-order valence-corrected chi connectivity index (χ3v) is 4.67. The number of amides is 2. The van der Waals surface area contributed by atoms with E-state index in [9.17, 15) is 9.59 Å². The highest BCUT2D eigenvalue weighted by molar-refractivity contribution is 7.13. The maximum atomic E-state index is 12.6. The SMILES string of the molecule is O=C(Nc1nccs1)/C(=C/c1ccccc1)NC(=O)c1ccc(Cl)cc1Cl. The molecule has 1 aromatic heterocycles. The lowest BCUT2D eigenvalue weighted by molar-refractivity contribution is -0.113. The summed E-state index contributed by atoms with van der Waals surface area (Å²) in [6, 6.07) is 13.7. The van der Waals surface area contributed by atoms with Crippen molar-refractivity contribution in [3.05, 3.63) is 87.0 Å². The van der Waals surface area contributed by atoms with Gasteiger partial charge in [0.25, 0.3) is 11.8 Å². The Bertz CT molecular complexity index is 989. The van der Waals surface area contributed by atoms with Gasteiger partial charge in [-0.2, -0.15) is 0 Å². The van der Waals surface area contributed by atoms with Crippen molar-refractivity contribution in [1.82, 2.24) is 10.3 Å². The van der Waals surface area contributed by atoms with E-state index < -0.39 is 11.8 Å². The Kier molecular flexibility index (Phi) is 6.24. The van der Waals surface area contributed by atoms with Gasteiger partial charge in [0.1, 0.15) is 5.70 Å². The Morgan fingerprint density at radius 3 is 2.52 bits per heavy atom. The van der Waals surface area contributed by atoms with Crippen molar-refractivity contribution in [2.45, 2.75) is 0 Å². The van der Waals surface area contributed by atoms with E-state index in [1.807, 2.05) is 30.3 Å². The summed E-state index contributed by atoms with van der Waals surface area (Å²) >= 11 is 13.2. The second-order valence-corrected chi connectivity index (χ2v) is 7.08. The van der Waals surface area contributed by atoms with Gasteiger partial charge in [-0.25, -0.2) is 4.98 Å². The molecule has 0 aliphatic heterocycles. The smallest absolute Gasteiger partial charge is 0.273 e. The Balaban J connectivity index is 1.88. The molecule has 0 aliphatic carbocycles. The number of rotatable bonds is 5. The number of aromatic nitrogens is 1. The first-order valence-electron chi connectivity index (χ1n) is 7.77. The molecule has 0 radical (unpaired) electrons. The molecule has 0 fully saturated rings. The fourth-order valence-electron chi connectivity index (χ4n) is 2.19. The van der Waals surface area contributed by atoms with Gasteiger partial charge in [-0.15, -0.1) is 11.3 Å². The lowest BCUT2D eigenvalue weighted by atomic mass is 10.1. The highest BCUT2D eigenvalue weighted by Crippen LogP contribution is 2.21. The molecule has 0 bridgehead atoms. The Hall–Kier alpha value is -2.67. The maximum Gasteiger partial charge on any atom is 0.273 e. The molecule has 0 saturated carbocycles. The molecule has 2 amide bonds. The molecule has 8 heteroatoms. The third-order valence-electron chi connectivity index (χ3n) is 3.43. The van der Waals surface area contributed by atoms with Crippen LogP contribution in [0.5, 0.6) is 0 Å². The molecule has 0 unspecified atom stereocenters. The Morgan fingerprint density at radius 1 is 1.07 bits per heavy atom. The number of halogens is 2. The lowest BCUT2D eigenvalue weighted by Crippen LogP contribution is -2.30. The zero-order chi connectivity index (χ0) is 19.2. The van der Waals surface area contributed by atoms with Crippen molar-refractivity contribution in [2.24, 2.45) is 0 Å². The summed E-state index contributed by atoms with van der Waals surface area (Å²) in [4.78, 5) is 29.3. The van der Waals surface area contributed by atoms with E-state index in [4.69, 9.17) is 23.2 Å². The minimum atomic E-state index is -0.520. The first kappa shape index (κ1) is 19.1. The van der Waals surface area contributed by atoms with Crippen LogP contribution in [-0.2, 0) is 4.79 Å². The van der Waals surface area contributed by atoms with Gasteiger partial charge < -0.3 is 5.32 Å².